The molecule has 1 aromatic rings. The molecule has 21 heavy (non-hydrogen) atoms. The van der Waals surface area contributed by atoms with Crippen molar-refractivity contribution in [1.29, 1.82) is 0 Å². The van der Waals surface area contributed by atoms with Crippen molar-refractivity contribution in [3.8, 4) is 0 Å². The van der Waals surface area contributed by atoms with Crippen molar-refractivity contribution in [2.45, 2.75) is 38.7 Å². The second-order valence-electron chi connectivity index (χ2n) is 6.26. The summed E-state index contributed by atoms with van der Waals surface area (Å²) in [5.74, 6) is 0.0968. The van der Waals surface area contributed by atoms with Gasteiger partial charge in [0, 0.05) is 15.5 Å². The molecule has 3 heteroatoms. The highest BCUT2D eigenvalue weighted by atomic mass is 79.9. The minimum absolute atomic E-state index is 0.0968. The van der Waals surface area contributed by atoms with Crippen molar-refractivity contribution in [3.63, 3.8) is 0 Å². The smallest absolute Gasteiger partial charge is 0.181 e. The summed E-state index contributed by atoms with van der Waals surface area (Å²) in [6.07, 6.45) is 6.74. The molecule has 0 unspecified atom stereocenters. The first kappa shape index (κ1) is 14.7. The van der Waals surface area contributed by atoms with Crippen molar-refractivity contribution in [1.82, 2.24) is 0 Å². The first-order valence-corrected chi connectivity index (χ1v) is 8.18. The molecule has 2 aliphatic carbocycles. The largest absolute Gasteiger partial charge is 0.392 e. The molecular weight excluding hydrogens is 328 g/mol. The van der Waals surface area contributed by atoms with Gasteiger partial charge < -0.3 is 5.11 Å². The number of benzene rings is 1. The number of rotatable bonds is 1. The van der Waals surface area contributed by atoms with E-state index in [1.54, 1.807) is 6.08 Å². The lowest BCUT2D eigenvalue weighted by Crippen LogP contribution is -2.40. The molecule has 0 heterocycles. The second-order valence-corrected chi connectivity index (χ2v) is 7.17. The number of hydrogen-bond donors (Lipinski definition) is 1. The molecule has 0 bridgehead atoms. The fourth-order valence-electron chi connectivity index (χ4n) is 3.39. The third kappa shape index (κ3) is 2.77. The van der Waals surface area contributed by atoms with Gasteiger partial charge >= 0.3 is 0 Å². The molecule has 0 aromatic heterocycles. The van der Waals surface area contributed by atoms with Gasteiger partial charge in [-0.05, 0) is 55.5 Å². The molecule has 0 saturated heterocycles. The van der Waals surface area contributed by atoms with E-state index in [9.17, 15) is 9.90 Å². The summed E-state index contributed by atoms with van der Waals surface area (Å²) in [7, 11) is 0. The Kier molecular flexibility index (Phi) is 3.89. The van der Waals surface area contributed by atoms with Gasteiger partial charge in [0.15, 0.2) is 5.78 Å². The number of carbonyl (C=O) groups is 1. The number of carbonyl (C=O) groups excluding carboxylic acids is 1. The molecular formula is C18H19BrO2. The Morgan fingerprint density at radius 2 is 2.05 bits per heavy atom. The van der Waals surface area contributed by atoms with Crippen LogP contribution in [0.15, 0.2) is 46.0 Å². The lowest BCUT2D eigenvalue weighted by Gasteiger charge is -2.43. The summed E-state index contributed by atoms with van der Waals surface area (Å²) in [4.78, 5) is 12.3. The SMILES string of the molecule is C[C@]12C/C(=C\c3ccc(Br)cc3)C(=O)C=C1CCC[C@@H]2O. The van der Waals surface area contributed by atoms with Gasteiger partial charge in [0.25, 0.3) is 0 Å². The Hall–Kier alpha value is -1.19. The third-order valence-corrected chi connectivity index (χ3v) is 5.31. The highest BCUT2D eigenvalue weighted by Crippen LogP contribution is 2.48. The maximum absolute atomic E-state index is 12.3. The molecule has 1 N–H and O–H groups in total. The van der Waals surface area contributed by atoms with Gasteiger partial charge in [0.2, 0.25) is 0 Å². The summed E-state index contributed by atoms with van der Waals surface area (Å²) in [5.41, 5.74) is 2.67. The van der Waals surface area contributed by atoms with E-state index in [1.165, 1.54) is 0 Å². The van der Waals surface area contributed by atoms with Crippen molar-refractivity contribution in [2.75, 3.05) is 0 Å². The van der Waals surface area contributed by atoms with E-state index < -0.39 is 0 Å². The number of hydrogen-bond acceptors (Lipinski definition) is 2. The molecule has 1 fully saturated rings. The molecule has 3 rings (SSSR count). The number of ketones is 1. The zero-order valence-electron chi connectivity index (χ0n) is 12.1. The van der Waals surface area contributed by atoms with Crippen LogP contribution in [0.2, 0.25) is 0 Å². The molecule has 0 amide bonds. The molecule has 0 spiro atoms. The minimum Gasteiger partial charge on any atom is -0.392 e. The van der Waals surface area contributed by atoms with Crippen LogP contribution < -0.4 is 0 Å². The average molecular weight is 347 g/mol. The minimum atomic E-state index is -0.348. The van der Waals surface area contributed by atoms with Crippen LogP contribution >= 0.6 is 15.9 Å². The quantitative estimate of drug-likeness (QED) is 0.770. The van der Waals surface area contributed by atoms with E-state index in [2.05, 4.69) is 22.9 Å². The highest BCUT2D eigenvalue weighted by Gasteiger charge is 2.43. The van der Waals surface area contributed by atoms with Crippen molar-refractivity contribution < 1.29 is 9.90 Å². The summed E-state index contributed by atoms with van der Waals surface area (Å²) >= 11 is 3.41. The van der Waals surface area contributed by atoms with Gasteiger partial charge in [-0.15, -0.1) is 0 Å². The molecule has 1 saturated carbocycles. The number of halogens is 1. The first-order chi connectivity index (χ1) is 9.99. The number of aliphatic hydroxyl groups excluding tert-OH is 1. The van der Waals surface area contributed by atoms with Gasteiger partial charge in [-0.3, -0.25) is 4.79 Å². The van der Waals surface area contributed by atoms with Crippen LogP contribution in [0.4, 0.5) is 0 Å². The normalized spacial score (nSPS) is 31.0. The lowest BCUT2D eigenvalue weighted by molar-refractivity contribution is -0.112. The summed E-state index contributed by atoms with van der Waals surface area (Å²) < 4.78 is 1.02. The van der Waals surface area contributed by atoms with Crippen LogP contribution in [0.1, 0.15) is 38.2 Å². The standard InChI is InChI=1S/C18H19BrO2/c1-18-11-13(9-12-5-7-15(19)8-6-12)16(20)10-14(18)3-2-4-17(18)21/h5-10,17,21H,2-4,11H2,1H3/b13-9+/t17-,18-/m0/s1. The fraction of sp³-hybridized carbons (Fsp3) is 0.389. The summed E-state index contributed by atoms with van der Waals surface area (Å²) in [5, 5.41) is 10.4. The molecule has 0 aliphatic heterocycles. The van der Waals surface area contributed by atoms with Gasteiger partial charge in [0.1, 0.15) is 0 Å². The van der Waals surface area contributed by atoms with E-state index in [0.29, 0.717) is 6.42 Å². The molecule has 2 nitrogen and oxygen atoms in total. The van der Waals surface area contributed by atoms with E-state index in [0.717, 1.165) is 40.4 Å². The Labute approximate surface area is 133 Å². The number of aliphatic hydroxyl groups is 1. The van der Waals surface area contributed by atoms with Crippen molar-refractivity contribution in [3.05, 3.63) is 51.5 Å². The molecule has 110 valence electrons. The van der Waals surface area contributed by atoms with E-state index in [-0.39, 0.29) is 17.3 Å². The first-order valence-electron chi connectivity index (χ1n) is 7.38. The Balaban J connectivity index is 1.96. The van der Waals surface area contributed by atoms with Gasteiger partial charge in [-0.2, -0.15) is 0 Å². The number of fused-ring (bicyclic) bond motifs is 1. The predicted molar refractivity (Wildman–Crippen MR) is 87.8 cm³/mol. The van der Waals surface area contributed by atoms with Gasteiger partial charge in [-0.1, -0.05) is 40.6 Å². The lowest BCUT2D eigenvalue weighted by atomic mass is 9.63. The zero-order valence-corrected chi connectivity index (χ0v) is 13.7. The second kappa shape index (κ2) is 5.54. The van der Waals surface area contributed by atoms with Crippen LogP contribution in [0.3, 0.4) is 0 Å². The molecule has 2 atom stereocenters. The Morgan fingerprint density at radius 3 is 2.76 bits per heavy atom. The highest BCUT2D eigenvalue weighted by molar-refractivity contribution is 9.10. The van der Waals surface area contributed by atoms with Crippen LogP contribution in [0.25, 0.3) is 6.08 Å². The summed E-state index contributed by atoms with van der Waals surface area (Å²) in [6, 6.07) is 7.92. The maximum Gasteiger partial charge on any atom is 0.181 e. The molecule has 1 aromatic carbocycles. The Morgan fingerprint density at radius 1 is 1.33 bits per heavy atom. The van der Waals surface area contributed by atoms with E-state index in [1.807, 2.05) is 30.3 Å². The van der Waals surface area contributed by atoms with Crippen molar-refractivity contribution in [2.24, 2.45) is 5.41 Å². The van der Waals surface area contributed by atoms with Crippen LogP contribution in [0.5, 0.6) is 0 Å². The average Bonchev–Trinajstić information content (AvgIpc) is 2.45. The van der Waals surface area contributed by atoms with Crippen LogP contribution in [-0.2, 0) is 4.79 Å². The monoisotopic (exact) mass is 346 g/mol. The Bertz CT molecular complexity index is 627. The van der Waals surface area contributed by atoms with Gasteiger partial charge in [-0.25, -0.2) is 0 Å². The van der Waals surface area contributed by atoms with Crippen LogP contribution in [-0.4, -0.2) is 17.0 Å². The van der Waals surface area contributed by atoms with E-state index in [4.69, 9.17) is 0 Å². The van der Waals surface area contributed by atoms with Crippen molar-refractivity contribution >= 4 is 27.8 Å². The number of allylic oxidation sites excluding steroid dienone is 2. The van der Waals surface area contributed by atoms with Crippen LogP contribution in [0, 0.1) is 5.41 Å². The zero-order chi connectivity index (χ0) is 15.0. The molecule has 2 aliphatic rings. The van der Waals surface area contributed by atoms with E-state index >= 15 is 0 Å². The van der Waals surface area contributed by atoms with Gasteiger partial charge in [0.05, 0.1) is 6.10 Å². The topological polar surface area (TPSA) is 37.3 Å². The fourth-order valence-corrected chi connectivity index (χ4v) is 3.65. The predicted octanol–water partition coefficient (Wildman–Crippen LogP) is 4.28. The maximum atomic E-state index is 12.3. The summed E-state index contributed by atoms with van der Waals surface area (Å²) in [6.45, 7) is 2.09. The third-order valence-electron chi connectivity index (χ3n) is 4.78. The molecule has 0 radical (unpaired) electrons.